The summed E-state index contributed by atoms with van der Waals surface area (Å²) in [4.78, 5) is 15.9. The molecular formula is C9H8N4OS2. The molecular weight excluding hydrogens is 244 g/mol. The van der Waals surface area contributed by atoms with Crippen molar-refractivity contribution in [1.29, 1.82) is 0 Å². The second kappa shape index (κ2) is 4.50. The summed E-state index contributed by atoms with van der Waals surface area (Å²) in [7, 11) is 0. The highest BCUT2D eigenvalue weighted by atomic mass is 32.2. The smallest absolute Gasteiger partial charge is 0.249 e. The molecule has 5 nitrogen and oxygen atoms in total. The molecule has 4 N–H and O–H groups in total. The Morgan fingerprint density at radius 1 is 1.44 bits per heavy atom. The number of aromatic nitrogens is 2. The van der Waals surface area contributed by atoms with E-state index in [9.17, 15) is 4.79 Å². The first-order valence-electron chi connectivity index (χ1n) is 4.31. The van der Waals surface area contributed by atoms with E-state index in [1.807, 2.05) is 0 Å². The maximum absolute atomic E-state index is 11.2. The third kappa shape index (κ3) is 2.15. The number of amides is 1. The lowest BCUT2D eigenvalue weighted by Crippen LogP contribution is -2.12. The third-order valence-corrected chi connectivity index (χ3v) is 3.72. The van der Waals surface area contributed by atoms with Gasteiger partial charge in [-0.15, -0.1) is 0 Å². The summed E-state index contributed by atoms with van der Waals surface area (Å²) < 4.78 is 4.60. The molecule has 0 spiro atoms. The lowest BCUT2D eigenvalue weighted by Gasteiger charge is -2.06. The minimum absolute atomic E-state index is 0.403. The van der Waals surface area contributed by atoms with Crippen LogP contribution in [0.3, 0.4) is 0 Å². The average molecular weight is 252 g/mol. The molecule has 0 saturated carbocycles. The molecule has 2 rings (SSSR count). The number of anilines is 1. The van der Waals surface area contributed by atoms with Crippen molar-refractivity contribution in [1.82, 2.24) is 9.36 Å². The number of nitrogens with zero attached hydrogens (tertiary/aromatic N) is 2. The van der Waals surface area contributed by atoms with E-state index < -0.39 is 5.91 Å². The Hall–Kier alpha value is -1.60. The van der Waals surface area contributed by atoms with E-state index in [2.05, 4.69) is 9.36 Å². The van der Waals surface area contributed by atoms with Gasteiger partial charge in [-0.05, 0) is 23.7 Å². The molecule has 0 unspecified atom stereocenters. The molecule has 1 aromatic heterocycles. The lowest BCUT2D eigenvalue weighted by molar-refractivity contribution is 0.0997. The van der Waals surface area contributed by atoms with E-state index in [0.29, 0.717) is 16.1 Å². The van der Waals surface area contributed by atoms with Gasteiger partial charge in [-0.25, -0.2) is 4.98 Å². The van der Waals surface area contributed by atoms with Gasteiger partial charge in [-0.2, -0.15) is 4.37 Å². The largest absolute Gasteiger partial charge is 0.398 e. The van der Waals surface area contributed by atoms with Crippen LogP contribution in [0.2, 0.25) is 0 Å². The highest BCUT2D eigenvalue weighted by Crippen LogP contribution is 2.34. The Balaban J connectivity index is 2.42. The summed E-state index contributed by atoms with van der Waals surface area (Å²) in [5, 5.41) is 0. The molecule has 0 atom stereocenters. The van der Waals surface area contributed by atoms with Gasteiger partial charge >= 0.3 is 0 Å². The molecule has 0 aliphatic rings. The molecule has 2 aromatic rings. The zero-order valence-electron chi connectivity index (χ0n) is 8.08. The van der Waals surface area contributed by atoms with Crippen molar-refractivity contribution in [3.05, 3.63) is 30.1 Å². The monoisotopic (exact) mass is 252 g/mol. The lowest BCUT2D eigenvalue weighted by atomic mass is 10.2. The molecule has 0 aliphatic carbocycles. The molecule has 7 heteroatoms. The molecule has 0 fully saturated rings. The zero-order valence-corrected chi connectivity index (χ0v) is 9.72. The molecule has 0 aliphatic heterocycles. The van der Waals surface area contributed by atoms with Crippen LogP contribution in [-0.4, -0.2) is 15.3 Å². The summed E-state index contributed by atoms with van der Waals surface area (Å²) in [5.74, 6) is -0.501. The van der Waals surface area contributed by atoms with Crippen LogP contribution >= 0.6 is 23.3 Å². The van der Waals surface area contributed by atoms with Crippen molar-refractivity contribution >= 4 is 34.9 Å². The first-order chi connectivity index (χ1) is 7.68. The van der Waals surface area contributed by atoms with E-state index in [0.717, 1.165) is 4.34 Å². The third-order valence-electron chi connectivity index (χ3n) is 1.84. The average Bonchev–Trinajstić information content (AvgIpc) is 2.73. The molecule has 0 bridgehead atoms. The van der Waals surface area contributed by atoms with Gasteiger partial charge in [0, 0.05) is 5.69 Å². The first-order valence-corrected chi connectivity index (χ1v) is 5.90. The maximum atomic E-state index is 11.2. The summed E-state index contributed by atoms with van der Waals surface area (Å²) in [6, 6.07) is 5.05. The number of nitrogens with two attached hydrogens (primary N) is 2. The molecule has 1 aromatic carbocycles. The molecule has 82 valence electrons. The number of carbonyl (C=O) groups excluding carboxylic acids is 1. The molecule has 16 heavy (non-hydrogen) atoms. The van der Waals surface area contributed by atoms with Gasteiger partial charge in [0.2, 0.25) is 5.91 Å². The van der Waals surface area contributed by atoms with Crippen molar-refractivity contribution in [2.45, 2.75) is 9.24 Å². The standard InChI is InChI=1S/C9H8N4OS2/c10-6-3-1-2-5(8(11)14)7(6)15-9-12-4-13-16-9/h1-4H,10H2,(H2,11,14). The van der Waals surface area contributed by atoms with Gasteiger partial charge in [0.15, 0.2) is 4.34 Å². The van der Waals surface area contributed by atoms with Crippen molar-refractivity contribution in [2.75, 3.05) is 5.73 Å². The highest BCUT2D eigenvalue weighted by molar-refractivity contribution is 8.01. The SMILES string of the molecule is NC(=O)c1cccc(N)c1Sc1ncns1. The molecule has 1 heterocycles. The first kappa shape index (κ1) is 10.9. The van der Waals surface area contributed by atoms with Crippen LogP contribution in [0, 0.1) is 0 Å². The van der Waals surface area contributed by atoms with Gasteiger partial charge in [0.05, 0.1) is 10.5 Å². The van der Waals surface area contributed by atoms with E-state index in [1.54, 1.807) is 18.2 Å². The Morgan fingerprint density at radius 2 is 2.25 bits per heavy atom. The van der Waals surface area contributed by atoms with E-state index in [4.69, 9.17) is 11.5 Å². The second-order valence-corrected chi connectivity index (χ2v) is 4.93. The summed E-state index contributed by atoms with van der Waals surface area (Å²) >= 11 is 2.54. The Bertz CT molecular complexity index is 512. The summed E-state index contributed by atoms with van der Waals surface area (Å²) in [6.45, 7) is 0. The van der Waals surface area contributed by atoms with E-state index >= 15 is 0 Å². The number of benzene rings is 1. The fourth-order valence-electron chi connectivity index (χ4n) is 1.16. The highest BCUT2D eigenvalue weighted by Gasteiger charge is 2.13. The Labute approximate surface area is 100 Å². The van der Waals surface area contributed by atoms with Gasteiger partial charge in [-0.1, -0.05) is 17.8 Å². The van der Waals surface area contributed by atoms with Gasteiger partial charge in [0.1, 0.15) is 6.33 Å². The van der Waals surface area contributed by atoms with Crippen LogP contribution in [0.1, 0.15) is 10.4 Å². The number of carbonyl (C=O) groups is 1. The minimum atomic E-state index is -0.501. The van der Waals surface area contributed by atoms with Gasteiger partial charge < -0.3 is 11.5 Å². The van der Waals surface area contributed by atoms with Crippen LogP contribution in [-0.2, 0) is 0 Å². The van der Waals surface area contributed by atoms with Crippen LogP contribution < -0.4 is 11.5 Å². The van der Waals surface area contributed by atoms with Crippen LogP contribution in [0.15, 0.2) is 33.8 Å². The van der Waals surface area contributed by atoms with Crippen molar-refractivity contribution in [3.8, 4) is 0 Å². The van der Waals surface area contributed by atoms with E-state index in [-0.39, 0.29) is 0 Å². The number of rotatable bonds is 3. The quantitative estimate of drug-likeness (QED) is 0.804. The van der Waals surface area contributed by atoms with Crippen molar-refractivity contribution in [2.24, 2.45) is 5.73 Å². The predicted molar refractivity (Wildman–Crippen MR) is 63.4 cm³/mol. The number of hydrogen-bond donors (Lipinski definition) is 2. The Morgan fingerprint density at radius 3 is 2.88 bits per heavy atom. The fraction of sp³-hybridized carbons (Fsp3) is 0. The van der Waals surface area contributed by atoms with E-state index in [1.165, 1.54) is 29.6 Å². The number of nitrogen functional groups attached to an aromatic ring is 1. The zero-order chi connectivity index (χ0) is 11.5. The summed E-state index contributed by atoms with van der Waals surface area (Å²) in [6.07, 6.45) is 1.45. The number of hydrogen-bond acceptors (Lipinski definition) is 6. The van der Waals surface area contributed by atoms with Gasteiger partial charge in [0.25, 0.3) is 0 Å². The van der Waals surface area contributed by atoms with Crippen molar-refractivity contribution < 1.29 is 4.79 Å². The van der Waals surface area contributed by atoms with Crippen LogP contribution in [0.25, 0.3) is 0 Å². The second-order valence-electron chi connectivity index (χ2n) is 2.90. The molecule has 0 saturated heterocycles. The summed E-state index contributed by atoms with van der Waals surface area (Å²) in [5.41, 5.74) is 12.0. The maximum Gasteiger partial charge on any atom is 0.249 e. The predicted octanol–water partition coefficient (Wildman–Crippen LogP) is 1.37. The Kier molecular flexibility index (Phi) is 3.07. The van der Waals surface area contributed by atoms with Crippen LogP contribution in [0.4, 0.5) is 5.69 Å². The molecule has 0 radical (unpaired) electrons. The minimum Gasteiger partial charge on any atom is -0.398 e. The topological polar surface area (TPSA) is 94.9 Å². The number of primary amides is 1. The normalized spacial score (nSPS) is 10.2. The van der Waals surface area contributed by atoms with Crippen LogP contribution in [0.5, 0.6) is 0 Å². The molecule has 1 amide bonds. The van der Waals surface area contributed by atoms with Gasteiger partial charge in [-0.3, -0.25) is 4.79 Å². The van der Waals surface area contributed by atoms with Crippen molar-refractivity contribution in [3.63, 3.8) is 0 Å². The fourth-order valence-corrected chi connectivity index (χ4v) is 2.70.